The van der Waals surface area contributed by atoms with Gasteiger partial charge in [0, 0.05) is 28.6 Å². The summed E-state index contributed by atoms with van der Waals surface area (Å²) < 4.78 is 6.12. The summed E-state index contributed by atoms with van der Waals surface area (Å²) in [6, 6.07) is 40.9. The third kappa shape index (κ3) is 2.96. The van der Waals surface area contributed by atoms with Crippen molar-refractivity contribution in [3.8, 4) is 22.3 Å². The quantitative estimate of drug-likeness (QED) is 0.235. The molecular weight excluding hydrogens is 450 g/mol. The van der Waals surface area contributed by atoms with Gasteiger partial charge in [-0.3, -0.25) is 4.98 Å². The lowest BCUT2D eigenvalue weighted by atomic mass is 9.85. The number of hydrogen-bond acceptors (Lipinski definition) is 2. The van der Waals surface area contributed by atoms with E-state index in [4.69, 9.17) is 4.42 Å². The summed E-state index contributed by atoms with van der Waals surface area (Å²) in [7, 11) is 0. The molecule has 6 aromatic carbocycles. The Morgan fingerprint density at radius 3 is 2.03 bits per heavy atom. The molecule has 2 aromatic heterocycles. The highest BCUT2D eigenvalue weighted by atomic mass is 16.3. The van der Waals surface area contributed by atoms with Gasteiger partial charge in [-0.25, -0.2) is 0 Å². The minimum atomic E-state index is 0.907. The maximum absolute atomic E-state index is 6.12. The fourth-order valence-corrected chi connectivity index (χ4v) is 5.95. The Kier molecular flexibility index (Phi) is 4.26. The Morgan fingerprint density at radius 1 is 0.459 bits per heavy atom. The van der Waals surface area contributed by atoms with E-state index < -0.39 is 0 Å². The molecule has 0 saturated carbocycles. The molecule has 0 amide bonds. The van der Waals surface area contributed by atoms with Gasteiger partial charge in [-0.15, -0.1) is 0 Å². The molecule has 0 fully saturated rings. The topological polar surface area (TPSA) is 26.0 Å². The number of nitrogens with zero attached hydrogens (tertiary/aromatic N) is 1. The van der Waals surface area contributed by atoms with E-state index in [9.17, 15) is 0 Å². The molecule has 0 aliphatic heterocycles. The minimum absolute atomic E-state index is 0.907. The third-order valence-electron chi connectivity index (χ3n) is 7.55. The van der Waals surface area contributed by atoms with Gasteiger partial charge in [0.2, 0.25) is 0 Å². The van der Waals surface area contributed by atoms with Crippen molar-refractivity contribution < 1.29 is 4.42 Å². The van der Waals surface area contributed by atoms with Gasteiger partial charge in [-0.05, 0) is 73.5 Å². The van der Waals surface area contributed by atoms with Crippen LogP contribution in [0.15, 0.2) is 132 Å². The predicted molar refractivity (Wildman–Crippen MR) is 155 cm³/mol. The van der Waals surface area contributed by atoms with Crippen LogP contribution in [-0.2, 0) is 0 Å². The zero-order valence-corrected chi connectivity index (χ0v) is 20.0. The monoisotopic (exact) mass is 471 g/mol. The van der Waals surface area contributed by atoms with E-state index in [0.717, 1.165) is 32.9 Å². The standard InChI is InChI=1S/C35H21NO/c1-2-10-24-22(8-1)9-7-14-26(24)35-28-13-4-3-12-27(28)34(31-21-36-19-18-29(31)35)23-16-17-33-30(20-23)25-11-5-6-15-32(25)37-33/h1-21H. The number of rotatable bonds is 2. The molecular formula is C35H21NO. The van der Waals surface area contributed by atoms with E-state index in [1.54, 1.807) is 0 Å². The molecule has 0 aliphatic carbocycles. The predicted octanol–water partition coefficient (Wildman–Crippen LogP) is 9.77. The third-order valence-corrected chi connectivity index (χ3v) is 7.55. The van der Waals surface area contributed by atoms with Gasteiger partial charge in [0.15, 0.2) is 0 Å². The van der Waals surface area contributed by atoms with Crippen molar-refractivity contribution in [2.75, 3.05) is 0 Å². The summed E-state index contributed by atoms with van der Waals surface area (Å²) in [5.41, 5.74) is 6.69. The lowest BCUT2D eigenvalue weighted by molar-refractivity contribution is 0.669. The van der Waals surface area contributed by atoms with Crippen LogP contribution in [0.3, 0.4) is 0 Å². The minimum Gasteiger partial charge on any atom is -0.456 e. The number of furan rings is 1. The summed E-state index contributed by atoms with van der Waals surface area (Å²) in [4.78, 5) is 4.59. The number of benzene rings is 6. The van der Waals surface area contributed by atoms with Crippen molar-refractivity contribution in [1.82, 2.24) is 4.98 Å². The lowest BCUT2D eigenvalue weighted by Crippen LogP contribution is -1.92. The van der Waals surface area contributed by atoms with E-state index >= 15 is 0 Å². The molecule has 0 radical (unpaired) electrons. The van der Waals surface area contributed by atoms with Crippen LogP contribution in [-0.4, -0.2) is 4.98 Å². The second-order valence-corrected chi connectivity index (χ2v) is 9.55. The van der Waals surface area contributed by atoms with Gasteiger partial charge in [0.1, 0.15) is 11.2 Å². The Hall–Kier alpha value is -4.95. The second kappa shape index (κ2) is 7.78. The lowest BCUT2D eigenvalue weighted by Gasteiger charge is -2.18. The first-order chi connectivity index (χ1) is 18.4. The van der Waals surface area contributed by atoms with Crippen molar-refractivity contribution in [2.24, 2.45) is 0 Å². The highest BCUT2D eigenvalue weighted by Gasteiger charge is 2.19. The molecule has 8 aromatic rings. The number of fused-ring (bicyclic) bond motifs is 6. The van der Waals surface area contributed by atoms with Crippen LogP contribution in [0, 0.1) is 0 Å². The molecule has 0 atom stereocenters. The molecule has 37 heavy (non-hydrogen) atoms. The molecule has 0 aliphatic rings. The first-order valence-corrected chi connectivity index (χ1v) is 12.5. The van der Waals surface area contributed by atoms with Crippen molar-refractivity contribution in [1.29, 1.82) is 0 Å². The molecule has 0 N–H and O–H groups in total. The zero-order chi connectivity index (χ0) is 24.3. The van der Waals surface area contributed by atoms with Crippen LogP contribution in [0.2, 0.25) is 0 Å². The van der Waals surface area contributed by atoms with Gasteiger partial charge >= 0.3 is 0 Å². The molecule has 2 nitrogen and oxygen atoms in total. The average molecular weight is 472 g/mol. The molecule has 0 spiro atoms. The number of aromatic nitrogens is 1. The zero-order valence-electron chi connectivity index (χ0n) is 20.0. The first kappa shape index (κ1) is 20.3. The average Bonchev–Trinajstić information content (AvgIpc) is 3.33. The highest BCUT2D eigenvalue weighted by Crippen LogP contribution is 2.45. The van der Waals surface area contributed by atoms with Gasteiger partial charge in [0.05, 0.1) is 0 Å². The SMILES string of the molecule is c1ccc2c(-c3c4ccccc4c(-c4ccc5oc6ccccc6c5c4)c4cnccc34)cccc2c1. The van der Waals surface area contributed by atoms with Crippen LogP contribution >= 0.6 is 0 Å². The molecule has 0 bridgehead atoms. The normalized spacial score (nSPS) is 11.8. The molecule has 172 valence electrons. The summed E-state index contributed by atoms with van der Waals surface area (Å²) in [5, 5.41) is 9.59. The summed E-state index contributed by atoms with van der Waals surface area (Å²) in [5.74, 6) is 0. The second-order valence-electron chi connectivity index (χ2n) is 9.55. The van der Waals surface area contributed by atoms with Crippen LogP contribution < -0.4 is 0 Å². The number of para-hydroxylation sites is 1. The van der Waals surface area contributed by atoms with E-state index in [0.29, 0.717) is 0 Å². The fourth-order valence-electron chi connectivity index (χ4n) is 5.95. The molecule has 0 saturated heterocycles. The van der Waals surface area contributed by atoms with Crippen molar-refractivity contribution >= 4 is 54.3 Å². The molecule has 8 rings (SSSR count). The highest BCUT2D eigenvalue weighted by molar-refractivity contribution is 6.23. The first-order valence-electron chi connectivity index (χ1n) is 12.5. The summed E-state index contributed by atoms with van der Waals surface area (Å²) in [6.07, 6.45) is 3.92. The van der Waals surface area contributed by atoms with E-state index in [1.807, 2.05) is 24.5 Å². The van der Waals surface area contributed by atoms with Crippen LogP contribution in [0.4, 0.5) is 0 Å². The molecule has 0 unspecified atom stereocenters. The summed E-state index contributed by atoms with van der Waals surface area (Å²) in [6.45, 7) is 0. The van der Waals surface area contributed by atoms with Crippen molar-refractivity contribution in [2.45, 2.75) is 0 Å². The van der Waals surface area contributed by atoms with E-state index in [1.165, 1.54) is 43.6 Å². The maximum atomic E-state index is 6.12. The number of hydrogen-bond donors (Lipinski definition) is 0. The maximum Gasteiger partial charge on any atom is 0.135 e. The van der Waals surface area contributed by atoms with Gasteiger partial charge in [-0.1, -0.05) is 91.0 Å². The largest absolute Gasteiger partial charge is 0.456 e. The Labute approximate surface area is 213 Å². The van der Waals surface area contributed by atoms with E-state index in [2.05, 4.69) is 108 Å². The van der Waals surface area contributed by atoms with Gasteiger partial charge in [-0.2, -0.15) is 0 Å². The smallest absolute Gasteiger partial charge is 0.135 e. The van der Waals surface area contributed by atoms with Crippen LogP contribution in [0.5, 0.6) is 0 Å². The van der Waals surface area contributed by atoms with Crippen molar-refractivity contribution in [3.05, 3.63) is 128 Å². The summed E-state index contributed by atoms with van der Waals surface area (Å²) >= 11 is 0. The van der Waals surface area contributed by atoms with Gasteiger partial charge in [0.25, 0.3) is 0 Å². The molecule has 2 heteroatoms. The molecule has 2 heterocycles. The van der Waals surface area contributed by atoms with Crippen LogP contribution in [0.1, 0.15) is 0 Å². The van der Waals surface area contributed by atoms with Gasteiger partial charge < -0.3 is 4.42 Å². The van der Waals surface area contributed by atoms with Crippen molar-refractivity contribution in [3.63, 3.8) is 0 Å². The van der Waals surface area contributed by atoms with E-state index in [-0.39, 0.29) is 0 Å². The Morgan fingerprint density at radius 2 is 1.14 bits per heavy atom. The van der Waals surface area contributed by atoms with Crippen LogP contribution in [0.25, 0.3) is 76.5 Å². The Bertz CT molecular complexity index is 2090. The number of pyridine rings is 1. The fraction of sp³-hybridized carbons (Fsp3) is 0. The Balaban J connectivity index is 1.52.